The summed E-state index contributed by atoms with van der Waals surface area (Å²) in [5, 5.41) is 3.67. The second kappa shape index (κ2) is 7.11. The van der Waals surface area contributed by atoms with Crippen LogP contribution in [0.25, 0.3) is 0 Å². The molecule has 2 fully saturated rings. The molecule has 5 rings (SSSR count). The Labute approximate surface area is 169 Å². The number of piperidine rings is 1. The number of ether oxygens (including phenoxy) is 1. The molecule has 0 spiro atoms. The molecule has 3 aliphatic rings. The Morgan fingerprint density at radius 3 is 2.96 bits per heavy atom. The van der Waals surface area contributed by atoms with Gasteiger partial charge in [-0.05, 0) is 86.1 Å². The summed E-state index contributed by atoms with van der Waals surface area (Å²) in [5.41, 5.74) is 6.21. The van der Waals surface area contributed by atoms with E-state index in [9.17, 15) is 0 Å². The molecule has 2 aromatic rings. The topological polar surface area (TPSA) is 24.5 Å². The number of nitrogens with one attached hydrogen (secondary N) is 1. The molecule has 1 N–H and O–H groups in total. The third-order valence-electron chi connectivity index (χ3n) is 7.75. The molecule has 1 saturated heterocycles. The van der Waals surface area contributed by atoms with Crippen molar-refractivity contribution in [2.24, 2.45) is 5.92 Å². The third-order valence-corrected chi connectivity index (χ3v) is 7.75. The van der Waals surface area contributed by atoms with Gasteiger partial charge >= 0.3 is 0 Å². The minimum Gasteiger partial charge on any atom is -0.497 e. The van der Waals surface area contributed by atoms with Crippen LogP contribution in [0.1, 0.15) is 48.8 Å². The van der Waals surface area contributed by atoms with E-state index in [1.165, 1.54) is 56.3 Å². The molecule has 0 unspecified atom stereocenters. The van der Waals surface area contributed by atoms with Crippen LogP contribution in [-0.2, 0) is 18.4 Å². The number of likely N-dealkylation sites (N-methyl/N-ethyl adjacent to an activating group) is 1. The Balaban J connectivity index is 1.43. The molecule has 0 amide bonds. The van der Waals surface area contributed by atoms with Gasteiger partial charge < -0.3 is 15.0 Å². The van der Waals surface area contributed by atoms with Crippen LogP contribution in [0.3, 0.4) is 0 Å². The van der Waals surface area contributed by atoms with Crippen molar-refractivity contribution in [2.75, 3.05) is 26.0 Å². The van der Waals surface area contributed by atoms with Crippen LogP contribution in [0.2, 0.25) is 0 Å². The van der Waals surface area contributed by atoms with E-state index in [-0.39, 0.29) is 0 Å². The highest BCUT2D eigenvalue weighted by Crippen LogP contribution is 2.55. The van der Waals surface area contributed by atoms with Gasteiger partial charge in [0.1, 0.15) is 5.75 Å². The quantitative estimate of drug-likeness (QED) is 0.813. The SMILES string of the molecule is COc1cccc(CNc2ccc3c(c2)[C@@]24CCCC[C@H]2[C@@H](C3)N(C)CC4)c1. The van der Waals surface area contributed by atoms with E-state index in [4.69, 9.17) is 4.74 Å². The lowest BCUT2D eigenvalue weighted by atomic mass is 9.52. The number of hydrogen-bond donors (Lipinski definition) is 1. The number of rotatable bonds is 4. The number of fused-ring (bicyclic) bond motifs is 1. The lowest BCUT2D eigenvalue weighted by Gasteiger charge is -2.58. The monoisotopic (exact) mass is 376 g/mol. The summed E-state index contributed by atoms with van der Waals surface area (Å²) in [6.45, 7) is 2.08. The summed E-state index contributed by atoms with van der Waals surface area (Å²) in [4.78, 5) is 2.64. The summed E-state index contributed by atoms with van der Waals surface area (Å²) in [6, 6.07) is 16.3. The molecule has 148 valence electrons. The fraction of sp³-hybridized carbons (Fsp3) is 0.520. The Hall–Kier alpha value is -2.00. The lowest BCUT2D eigenvalue weighted by Crippen LogP contribution is -2.59. The van der Waals surface area contributed by atoms with Gasteiger partial charge in [-0.1, -0.05) is 31.0 Å². The smallest absolute Gasteiger partial charge is 0.119 e. The Bertz CT molecular complexity index is 863. The van der Waals surface area contributed by atoms with Crippen LogP contribution in [0.5, 0.6) is 5.75 Å². The highest BCUT2D eigenvalue weighted by atomic mass is 16.5. The molecule has 3 nitrogen and oxygen atoms in total. The van der Waals surface area contributed by atoms with Crippen molar-refractivity contribution in [3.63, 3.8) is 0 Å². The van der Waals surface area contributed by atoms with Crippen LogP contribution in [-0.4, -0.2) is 31.6 Å². The van der Waals surface area contributed by atoms with E-state index in [1.54, 1.807) is 18.2 Å². The summed E-state index contributed by atoms with van der Waals surface area (Å²) in [5.74, 6) is 1.77. The first kappa shape index (κ1) is 18.1. The molecule has 3 atom stereocenters. The van der Waals surface area contributed by atoms with Crippen LogP contribution in [0, 0.1) is 5.92 Å². The van der Waals surface area contributed by atoms with Gasteiger partial charge in [0.15, 0.2) is 0 Å². The first-order chi connectivity index (χ1) is 13.7. The Kier molecular flexibility index (Phi) is 4.59. The van der Waals surface area contributed by atoms with E-state index < -0.39 is 0 Å². The molecule has 1 saturated carbocycles. The van der Waals surface area contributed by atoms with E-state index in [0.29, 0.717) is 5.41 Å². The molecular formula is C25H32N2O. The fourth-order valence-electron chi connectivity index (χ4n) is 6.29. The van der Waals surface area contributed by atoms with Gasteiger partial charge in [0.25, 0.3) is 0 Å². The predicted octanol–water partition coefficient (Wildman–Crippen LogP) is 5.00. The van der Waals surface area contributed by atoms with Crippen molar-refractivity contribution in [1.29, 1.82) is 0 Å². The highest BCUT2D eigenvalue weighted by Gasteiger charge is 2.52. The first-order valence-electron chi connectivity index (χ1n) is 10.9. The maximum atomic E-state index is 5.36. The first-order valence-corrected chi connectivity index (χ1v) is 10.9. The summed E-state index contributed by atoms with van der Waals surface area (Å²) >= 11 is 0. The normalized spacial score (nSPS) is 28.9. The number of hydrogen-bond acceptors (Lipinski definition) is 3. The minimum absolute atomic E-state index is 0.427. The van der Waals surface area contributed by atoms with Gasteiger partial charge in [0, 0.05) is 23.7 Å². The zero-order valence-corrected chi connectivity index (χ0v) is 17.2. The summed E-state index contributed by atoms with van der Waals surface area (Å²) < 4.78 is 5.36. The Morgan fingerprint density at radius 1 is 1.14 bits per heavy atom. The van der Waals surface area contributed by atoms with E-state index in [0.717, 1.165) is 24.3 Å². The molecule has 2 aliphatic carbocycles. The molecule has 2 aromatic carbocycles. The maximum absolute atomic E-state index is 5.36. The molecule has 0 radical (unpaired) electrons. The van der Waals surface area contributed by atoms with Crippen molar-refractivity contribution < 1.29 is 4.74 Å². The van der Waals surface area contributed by atoms with E-state index >= 15 is 0 Å². The summed E-state index contributed by atoms with van der Waals surface area (Å²) in [7, 11) is 4.07. The second-order valence-electron chi connectivity index (χ2n) is 9.09. The van der Waals surface area contributed by atoms with Gasteiger partial charge in [-0.3, -0.25) is 0 Å². The number of nitrogens with zero attached hydrogens (tertiary/aromatic N) is 1. The average Bonchev–Trinajstić information content (AvgIpc) is 2.75. The molecule has 1 heterocycles. The fourth-order valence-corrected chi connectivity index (χ4v) is 6.29. The van der Waals surface area contributed by atoms with Crippen LogP contribution < -0.4 is 10.1 Å². The number of benzene rings is 2. The van der Waals surface area contributed by atoms with Crippen molar-refractivity contribution in [1.82, 2.24) is 4.90 Å². The minimum atomic E-state index is 0.427. The molecular weight excluding hydrogens is 344 g/mol. The highest BCUT2D eigenvalue weighted by molar-refractivity contribution is 5.54. The van der Waals surface area contributed by atoms with Crippen LogP contribution >= 0.6 is 0 Å². The van der Waals surface area contributed by atoms with Gasteiger partial charge in [0.2, 0.25) is 0 Å². The maximum Gasteiger partial charge on any atom is 0.119 e. The second-order valence-corrected chi connectivity index (χ2v) is 9.09. The van der Waals surface area contributed by atoms with Gasteiger partial charge in [0.05, 0.1) is 7.11 Å². The lowest BCUT2D eigenvalue weighted by molar-refractivity contribution is 0.00290. The van der Waals surface area contributed by atoms with Gasteiger partial charge in [-0.25, -0.2) is 0 Å². The van der Waals surface area contributed by atoms with Crippen molar-refractivity contribution in [3.05, 3.63) is 59.2 Å². The zero-order chi connectivity index (χ0) is 19.1. The standard InChI is InChI=1S/C25H32N2O/c1-27-13-12-25-11-4-3-8-22(25)24(27)15-19-9-10-20(16-23(19)25)26-17-18-6-5-7-21(14-18)28-2/h5-7,9-10,14,16,22,24,26H,3-4,8,11-13,15,17H2,1-2H3/t22-,24+,25+/m0/s1. The number of likely N-dealkylation sites (tertiary alicyclic amines) is 1. The van der Waals surface area contributed by atoms with Crippen molar-refractivity contribution >= 4 is 5.69 Å². The van der Waals surface area contributed by atoms with Gasteiger partial charge in [-0.15, -0.1) is 0 Å². The van der Waals surface area contributed by atoms with E-state index in [1.807, 2.05) is 6.07 Å². The van der Waals surface area contributed by atoms with Crippen LogP contribution in [0.15, 0.2) is 42.5 Å². The molecule has 1 aliphatic heterocycles. The largest absolute Gasteiger partial charge is 0.497 e. The van der Waals surface area contributed by atoms with E-state index in [2.05, 4.69) is 53.7 Å². The predicted molar refractivity (Wildman–Crippen MR) is 115 cm³/mol. The molecule has 3 heteroatoms. The van der Waals surface area contributed by atoms with Crippen molar-refractivity contribution in [3.8, 4) is 5.75 Å². The molecule has 0 aromatic heterocycles. The Morgan fingerprint density at radius 2 is 2.07 bits per heavy atom. The van der Waals surface area contributed by atoms with Gasteiger partial charge in [-0.2, -0.15) is 0 Å². The summed E-state index contributed by atoms with van der Waals surface area (Å²) in [6.07, 6.45) is 8.17. The van der Waals surface area contributed by atoms with Crippen LogP contribution in [0.4, 0.5) is 5.69 Å². The average molecular weight is 377 g/mol. The number of anilines is 1. The molecule has 2 bridgehead atoms. The number of methoxy groups -OCH3 is 1. The molecule has 28 heavy (non-hydrogen) atoms. The van der Waals surface area contributed by atoms with Crippen molar-refractivity contribution in [2.45, 2.75) is 56.5 Å². The third kappa shape index (κ3) is 2.91. The zero-order valence-electron chi connectivity index (χ0n) is 17.2.